The number of carbonyl (C=O) groups is 2. The average molecular weight is 1080 g/mol. The topological polar surface area (TPSA) is 40.6 Å². The molecule has 0 spiro atoms. The van der Waals surface area contributed by atoms with E-state index in [-0.39, 0.29) is 11.8 Å². The molecule has 2 aliphatic rings. The Morgan fingerprint density at radius 3 is 1.11 bits per heavy atom. The molecule has 392 valence electrons. The van der Waals surface area contributed by atoms with E-state index in [4.69, 9.17) is 0 Å². The minimum atomic E-state index is -0.0768. The zero-order valence-corrected chi connectivity index (χ0v) is 50.0. The minimum absolute atomic E-state index is 0.0768. The van der Waals surface area contributed by atoms with Gasteiger partial charge in [-0.15, -0.1) is 68.0 Å². The standard InChI is InChI=1S/C62H86N2O2S6/c1-7-9-11-13-15-17-19-21-23-25-27-29-31-33-35-37-45-53(48-40-39-43(3)67-48)69-57-55(45)71-60-58-56(72-59(57)60)46(38-36-34-32-30-28-26-24-22-20-18-16-14-12-10-8-2)54(70-58)49-42-41-47(68-49)52-51-50(61(65)64(52)6)44(4)63(5)62(51)66/h39-42H,7-38H2,1-6H3. The Morgan fingerprint density at radius 1 is 0.361 bits per heavy atom. The fraction of sp³-hybridized carbons (Fsp3) is 0.613. The number of hydrogen-bond acceptors (Lipinski definition) is 8. The average Bonchev–Trinajstić information content (AvgIpc) is 4.27. The van der Waals surface area contributed by atoms with Gasteiger partial charge in [0, 0.05) is 44.2 Å². The number of unbranched alkanes of at least 4 members (excludes halogenated alkanes) is 28. The van der Waals surface area contributed by atoms with Gasteiger partial charge in [-0.25, -0.2) is 0 Å². The van der Waals surface area contributed by atoms with Crippen LogP contribution in [-0.2, 0) is 22.4 Å². The normalized spacial score (nSPS) is 14.2. The molecule has 2 amide bonds. The van der Waals surface area contributed by atoms with E-state index >= 15 is 0 Å². The highest BCUT2D eigenvalue weighted by molar-refractivity contribution is 7.46. The predicted molar refractivity (Wildman–Crippen MR) is 324 cm³/mol. The summed E-state index contributed by atoms with van der Waals surface area (Å²) in [6.45, 7) is 8.75. The van der Waals surface area contributed by atoms with Crippen molar-refractivity contribution in [3.8, 4) is 19.5 Å². The Kier molecular flexibility index (Phi) is 21.6. The molecule has 0 saturated heterocycles. The highest BCUT2D eigenvalue weighted by Gasteiger charge is 2.45. The molecule has 2 aliphatic heterocycles. The number of fused-ring (bicyclic) bond motifs is 6. The molecule has 0 aromatic carbocycles. The lowest BCUT2D eigenvalue weighted by atomic mass is 10.0. The monoisotopic (exact) mass is 1080 g/mol. The van der Waals surface area contributed by atoms with Crippen LogP contribution in [0.25, 0.3) is 53.4 Å². The van der Waals surface area contributed by atoms with Gasteiger partial charge in [0.15, 0.2) is 0 Å². The van der Waals surface area contributed by atoms with E-state index in [1.54, 1.807) is 38.4 Å². The van der Waals surface area contributed by atoms with Crippen LogP contribution < -0.4 is 0 Å². The number of amides is 2. The first kappa shape index (κ1) is 55.6. The number of carbonyl (C=O) groups excluding carboxylic acids is 2. The highest BCUT2D eigenvalue weighted by atomic mass is 32.1. The molecule has 0 radical (unpaired) electrons. The van der Waals surface area contributed by atoms with Crippen molar-refractivity contribution in [1.29, 1.82) is 0 Å². The summed E-state index contributed by atoms with van der Waals surface area (Å²) >= 11 is 11.9. The Balaban J connectivity index is 0.961. The molecule has 8 heterocycles. The van der Waals surface area contributed by atoms with Gasteiger partial charge in [0.1, 0.15) is 0 Å². The summed E-state index contributed by atoms with van der Waals surface area (Å²) in [5.74, 6) is -0.154. The van der Waals surface area contributed by atoms with E-state index in [1.807, 2.05) is 36.6 Å². The van der Waals surface area contributed by atoms with Gasteiger partial charge in [0.2, 0.25) is 0 Å². The molecule has 6 aromatic heterocycles. The maximum Gasteiger partial charge on any atom is 0.260 e. The molecule has 10 heteroatoms. The Hall–Kier alpha value is -2.60. The smallest absolute Gasteiger partial charge is 0.260 e. The molecule has 6 aromatic rings. The minimum Gasteiger partial charge on any atom is -0.315 e. The van der Waals surface area contributed by atoms with Gasteiger partial charge < -0.3 is 9.80 Å². The Morgan fingerprint density at radius 2 is 0.708 bits per heavy atom. The van der Waals surface area contributed by atoms with E-state index in [0.717, 1.165) is 22.7 Å². The summed E-state index contributed by atoms with van der Waals surface area (Å²) < 4.78 is 9.02. The second kappa shape index (κ2) is 28.0. The lowest BCUT2D eigenvalue weighted by Gasteiger charge is -2.17. The molecule has 0 aliphatic carbocycles. The van der Waals surface area contributed by atoms with E-state index < -0.39 is 0 Å². The summed E-state index contributed by atoms with van der Waals surface area (Å²) in [4.78, 5) is 38.5. The van der Waals surface area contributed by atoms with Gasteiger partial charge in [-0.05, 0) is 74.9 Å². The van der Waals surface area contributed by atoms with Crippen molar-refractivity contribution in [2.45, 2.75) is 233 Å². The van der Waals surface area contributed by atoms with Crippen molar-refractivity contribution < 1.29 is 9.59 Å². The molecule has 0 saturated carbocycles. The number of nitrogens with zero attached hydrogens (tertiary/aromatic N) is 2. The van der Waals surface area contributed by atoms with Gasteiger partial charge in [-0.2, -0.15) is 0 Å². The summed E-state index contributed by atoms with van der Waals surface area (Å²) in [6.07, 6.45) is 43.8. The van der Waals surface area contributed by atoms with Gasteiger partial charge >= 0.3 is 0 Å². The van der Waals surface area contributed by atoms with E-state index in [1.165, 1.54) is 252 Å². The SMILES string of the molecule is CCCCCCCCCCCCCCCCCc1c(-c2ccc(C)s2)sc2c1sc1c3sc(-c4ccc(C5=C6C(=O)N(C)C(C)=C6C(=O)N5C)s4)c(CCCCCCCCCCCCCCCCC)c3sc21. The van der Waals surface area contributed by atoms with Gasteiger partial charge in [-0.3, -0.25) is 9.59 Å². The second-order valence-corrected chi connectivity index (χ2v) is 27.8. The number of rotatable bonds is 35. The van der Waals surface area contributed by atoms with Crippen molar-refractivity contribution in [1.82, 2.24) is 9.80 Å². The van der Waals surface area contributed by atoms with Crippen LogP contribution in [0.1, 0.15) is 234 Å². The molecule has 0 bridgehead atoms. The molecule has 72 heavy (non-hydrogen) atoms. The lowest BCUT2D eigenvalue weighted by molar-refractivity contribution is -0.123. The van der Waals surface area contributed by atoms with Crippen LogP contribution in [0.4, 0.5) is 0 Å². The number of thiophene rings is 6. The molecular formula is C62H86N2O2S6. The zero-order valence-electron chi connectivity index (χ0n) is 45.1. The Labute approximate surface area is 458 Å². The lowest BCUT2D eigenvalue weighted by Crippen LogP contribution is -2.24. The van der Waals surface area contributed by atoms with Gasteiger partial charge in [-0.1, -0.05) is 194 Å². The maximum atomic E-state index is 13.5. The molecule has 4 nitrogen and oxygen atoms in total. The fourth-order valence-corrected chi connectivity index (χ4v) is 19.8. The van der Waals surface area contributed by atoms with Crippen LogP contribution in [0.5, 0.6) is 0 Å². The zero-order chi connectivity index (χ0) is 50.4. The van der Waals surface area contributed by atoms with Crippen molar-refractivity contribution in [3.63, 3.8) is 0 Å². The van der Waals surface area contributed by atoms with Gasteiger partial charge in [0.05, 0.1) is 49.9 Å². The molecular weight excluding hydrogens is 997 g/mol. The summed E-state index contributed by atoms with van der Waals surface area (Å²) in [7, 11) is 3.62. The molecule has 0 unspecified atom stereocenters. The largest absolute Gasteiger partial charge is 0.315 e. The van der Waals surface area contributed by atoms with E-state index in [2.05, 4.69) is 79.0 Å². The van der Waals surface area contributed by atoms with Crippen LogP contribution in [0.3, 0.4) is 0 Å². The summed E-state index contributed by atoms with van der Waals surface area (Å²) in [6, 6.07) is 9.12. The first-order chi connectivity index (χ1) is 35.2. The van der Waals surface area contributed by atoms with Crippen molar-refractivity contribution in [2.24, 2.45) is 0 Å². The molecule has 8 rings (SSSR count). The van der Waals surface area contributed by atoms with Crippen LogP contribution >= 0.6 is 68.0 Å². The van der Waals surface area contributed by atoms with Gasteiger partial charge in [0.25, 0.3) is 11.8 Å². The van der Waals surface area contributed by atoms with Crippen LogP contribution in [0.2, 0.25) is 0 Å². The first-order valence-electron chi connectivity index (χ1n) is 28.8. The molecule has 0 N–H and O–H groups in total. The summed E-state index contributed by atoms with van der Waals surface area (Å²) in [5.41, 5.74) is 5.77. The third-order valence-electron chi connectivity index (χ3n) is 15.8. The van der Waals surface area contributed by atoms with Crippen LogP contribution in [0.15, 0.2) is 41.1 Å². The number of hydrogen-bond donors (Lipinski definition) is 0. The Bertz CT molecular complexity index is 2760. The second-order valence-electron chi connectivity index (χ2n) is 21.4. The fourth-order valence-electron chi connectivity index (χ4n) is 11.3. The van der Waals surface area contributed by atoms with Crippen molar-refractivity contribution in [2.75, 3.05) is 14.1 Å². The van der Waals surface area contributed by atoms with Crippen molar-refractivity contribution >= 4 is 114 Å². The number of likely N-dealkylation sites (N-methyl/N-ethyl adjacent to an activating group) is 2. The quantitative estimate of drug-likeness (QED) is 0.0372. The van der Waals surface area contributed by atoms with Crippen molar-refractivity contribution in [3.05, 3.63) is 62.0 Å². The summed E-state index contributed by atoms with van der Waals surface area (Å²) in [5, 5.41) is 0. The van der Waals surface area contributed by atoms with E-state index in [9.17, 15) is 9.59 Å². The first-order valence-corrected chi connectivity index (χ1v) is 33.7. The van der Waals surface area contributed by atoms with Crippen LogP contribution in [-0.4, -0.2) is 35.7 Å². The number of aryl methyl sites for hydroxylation is 3. The predicted octanol–water partition coefficient (Wildman–Crippen LogP) is 21.9. The van der Waals surface area contributed by atoms with E-state index in [0.29, 0.717) is 11.1 Å². The third kappa shape index (κ3) is 13.3. The maximum absolute atomic E-state index is 13.5. The highest BCUT2D eigenvalue weighted by Crippen LogP contribution is 2.57. The molecule has 0 fully saturated rings. The number of allylic oxidation sites excluding steroid dienone is 1. The third-order valence-corrected chi connectivity index (χ3v) is 23.9. The molecule has 0 atom stereocenters. The van der Waals surface area contributed by atoms with Crippen LogP contribution in [0, 0.1) is 6.92 Å².